The number of rotatable bonds is 6. The average Bonchev–Trinajstić information content (AvgIpc) is 2.25. The van der Waals surface area contributed by atoms with Crippen LogP contribution in [0.5, 0.6) is 0 Å². The summed E-state index contributed by atoms with van der Waals surface area (Å²) in [6.07, 6.45) is -5.09. The van der Waals surface area contributed by atoms with Gasteiger partial charge in [0.1, 0.15) is 0 Å². The van der Waals surface area contributed by atoms with Gasteiger partial charge in [-0.05, 0) is 24.7 Å². The van der Waals surface area contributed by atoms with Gasteiger partial charge in [0.05, 0.1) is 0 Å². The number of alkyl halides is 3. The lowest BCUT2D eigenvalue weighted by Gasteiger charge is -2.30. The van der Waals surface area contributed by atoms with Crippen LogP contribution in [0.25, 0.3) is 0 Å². The van der Waals surface area contributed by atoms with Gasteiger partial charge >= 0.3 is 18.2 Å². The van der Waals surface area contributed by atoms with Crippen molar-refractivity contribution in [2.24, 2.45) is 17.8 Å². The second kappa shape index (κ2) is 7.00. The normalized spacial score (nSPS) is 15.2. The Bertz CT molecular complexity index is 375. The van der Waals surface area contributed by atoms with Crippen LogP contribution in [0.15, 0.2) is 0 Å². The Hall–Kier alpha value is -1.47. The maximum Gasteiger partial charge on any atom is 0.422 e. The molecule has 0 bridgehead atoms. The van der Waals surface area contributed by atoms with Crippen molar-refractivity contribution in [1.29, 1.82) is 0 Å². The molecule has 3 N–H and O–H groups in total. The molecule has 0 saturated carbocycles. The first-order valence-corrected chi connectivity index (χ1v) is 6.69. The molecule has 0 spiro atoms. The quantitative estimate of drug-likeness (QED) is 0.705. The molecule has 0 aliphatic rings. The van der Waals surface area contributed by atoms with Gasteiger partial charge in [0.15, 0.2) is 0 Å². The van der Waals surface area contributed by atoms with Crippen LogP contribution in [0.4, 0.5) is 18.0 Å². The molecule has 5 nitrogen and oxygen atoms in total. The van der Waals surface area contributed by atoms with Gasteiger partial charge in [0.2, 0.25) is 5.54 Å². The number of halogens is 3. The zero-order valence-corrected chi connectivity index (χ0v) is 12.8. The molecule has 2 amide bonds. The molecule has 8 heteroatoms. The number of hydrogen-bond acceptors (Lipinski definition) is 2. The van der Waals surface area contributed by atoms with Crippen LogP contribution in [0.3, 0.4) is 0 Å². The molecule has 0 aromatic carbocycles. The fourth-order valence-electron chi connectivity index (χ4n) is 1.97. The molecule has 124 valence electrons. The van der Waals surface area contributed by atoms with Gasteiger partial charge < -0.3 is 15.7 Å². The third kappa shape index (κ3) is 5.09. The Kier molecular flexibility index (Phi) is 6.51. The first kappa shape index (κ1) is 19.5. The van der Waals surface area contributed by atoms with E-state index in [0.29, 0.717) is 6.92 Å². The van der Waals surface area contributed by atoms with Crippen LogP contribution in [0, 0.1) is 17.8 Å². The number of carbonyl (C=O) groups is 2. The number of nitrogens with one attached hydrogen (secondary N) is 2. The van der Waals surface area contributed by atoms with Crippen LogP contribution < -0.4 is 10.6 Å². The van der Waals surface area contributed by atoms with E-state index in [1.54, 1.807) is 0 Å². The molecular formula is C13H23F3N2O3. The van der Waals surface area contributed by atoms with Crippen molar-refractivity contribution in [2.45, 2.75) is 46.3 Å². The molecule has 0 saturated heterocycles. The summed E-state index contributed by atoms with van der Waals surface area (Å²) in [4.78, 5) is 22.4. The average molecular weight is 312 g/mol. The second-order valence-electron chi connectivity index (χ2n) is 5.91. The number of carboxylic acids is 1. The van der Waals surface area contributed by atoms with E-state index in [4.69, 9.17) is 5.11 Å². The lowest BCUT2D eigenvalue weighted by atomic mass is 9.85. The van der Waals surface area contributed by atoms with Gasteiger partial charge in [-0.3, -0.25) is 0 Å². The van der Waals surface area contributed by atoms with E-state index < -0.39 is 23.7 Å². The van der Waals surface area contributed by atoms with E-state index in [0.717, 1.165) is 0 Å². The predicted molar refractivity (Wildman–Crippen MR) is 71.8 cm³/mol. The topological polar surface area (TPSA) is 78.4 Å². The van der Waals surface area contributed by atoms with Gasteiger partial charge in [0, 0.05) is 6.54 Å². The fraction of sp³-hybridized carbons (Fsp3) is 0.846. The molecule has 0 aliphatic carbocycles. The van der Waals surface area contributed by atoms with Gasteiger partial charge in [-0.15, -0.1) is 0 Å². The summed E-state index contributed by atoms with van der Waals surface area (Å²) in [6, 6.07) is -1.15. The van der Waals surface area contributed by atoms with Crippen molar-refractivity contribution in [3.8, 4) is 0 Å². The highest BCUT2D eigenvalue weighted by Crippen LogP contribution is 2.30. The maximum absolute atomic E-state index is 12.7. The molecule has 0 fully saturated rings. The summed E-state index contributed by atoms with van der Waals surface area (Å²) in [5.41, 5.74) is -3.32. The van der Waals surface area contributed by atoms with E-state index in [1.165, 1.54) is 5.32 Å². The number of amides is 2. The van der Waals surface area contributed by atoms with Crippen LogP contribution in [0.1, 0.15) is 34.6 Å². The van der Waals surface area contributed by atoms with Gasteiger partial charge in [-0.1, -0.05) is 27.7 Å². The zero-order valence-electron chi connectivity index (χ0n) is 12.8. The Morgan fingerprint density at radius 3 is 1.81 bits per heavy atom. The van der Waals surface area contributed by atoms with Crippen molar-refractivity contribution in [3.05, 3.63) is 0 Å². The molecular weight excluding hydrogens is 289 g/mol. The highest BCUT2D eigenvalue weighted by Gasteiger charge is 2.58. The molecule has 0 aromatic rings. The van der Waals surface area contributed by atoms with Gasteiger partial charge in [-0.25, -0.2) is 9.59 Å². The summed E-state index contributed by atoms with van der Waals surface area (Å²) in [6.45, 7) is 8.37. The van der Waals surface area contributed by atoms with Crippen molar-refractivity contribution in [1.82, 2.24) is 10.6 Å². The van der Waals surface area contributed by atoms with Gasteiger partial charge in [-0.2, -0.15) is 13.2 Å². The molecule has 0 aromatic heterocycles. The number of aliphatic carboxylic acids is 1. The SMILES string of the molecule is CC(C)C(CNC(=O)NC(C)(C(=O)O)C(F)(F)F)C(C)C. The Balaban J connectivity index is 4.79. The number of carboxylic acid groups (broad SMARTS) is 1. The van der Waals surface area contributed by atoms with E-state index in [1.807, 2.05) is 27.7 Å². The minimum atomic E-state index is -5.09. The summed E-state index contributed by atoms with van der Waals surface area (Å²) >= 11 is 0. The highest BCUT2D eigenvalue weighted by molar-refractivity contribution is 5.86. The molecule has 0 aliphatic heterocycles. The largest absolute Gasteiger partial charge is 0.479 e. The monoisotopic (exact) mass is 312 g/mol. The summed E-state index contributed by atoms with van der Waals surface area (Å²) < 4.78 is 38.2. The molecule has 0 heterocycles. The highest BCUT2D eigenvalue weighted by atomic mass is 19.4. The van der Waals surface area contributed by atoms with Crippen LogP contribution in [0.2, 0.25) is 0 Å². The van der Waals surface area contributed by atoms with E-state index in [2.05, 4.69) is 5.32 Å². The standard InChI is InChI=1S/C13H23F3N2O3/c1-7(2)9(8(3)4)6-17-11(21)18-12(5,10(19)20)13(14,15)16/h7-9H,6H2,1-5H3,(H,19,20)(H2,17,18,21). The van der Waals surface area contributed by atoms with Crippen LogP contribution >= 0.6 is 0 Å². The van der Waals surface area contributed by atoms with Crippen LogP contribution in [-0.4, -0.2) is 35.4 Å². The minimum absolute atomic E-state index is 0.0812. The van der Waals surface area contributed by atoms with Crippen molar-refractivity contribution in [2.75, 3.05) is 6.54 Å². The number of hydrogen-bond donors (Lipinski definition) is 3. The number of carbonyl (C=O) groups excluding carboxylic acids is 1. The second-order valence-corrected chi connectivity index (χ2v) is 5.91. The molecule has 0 radical (unpaired) electrons. The van der Waals surface area contributed by atoms with E-state index >= 15 is 0 Å². The van der Waals surface area contributed by atoms with Crippen molar-refractivity contribution < 1.29 is 27.9 Å². The summed E-state index contributed by atoms with van der Waals surface area (Å²) in [5, 5.41) is 12.5. The third-order valence-corrected chi connectivity index (χ3v) is 3.57. The van der Waals surface area contributed by atoms with Crippen molar-refractivity contribution in [3.63, 3.8) is 0 Å². The summed E-state index contributed by atoms with van der Waals surface area (Å²) in [7, 11) is 0. The lowest BCUT2D eigenvalue weighted by molar-refractivity contribution is -0.203. The lowest BCUT2D eigenvalue weighted by Crippen LogP contribution is -2.63. The maximum atomic E-state index is 12.7. The van der Waals surface area contributed by atoms with E-state index in [-0.39, 0.29) is 24.3 Å². The zero-order chi connectivity index (χ0) is 17.0. The van der Waals surface area contributed by atoms with Gasteiger partial charge in [0.25, 0.3) is 0 Å². The minimum Gasteiger partial charge on any atom is -0.479 e. The molecule has 1 atom stereocenters. The van der Waals surface area contributed by atoms with E-state index in [9.17, 15) is 22.8 Å². The summed E-state index contributed by atoms with van der Waals surface area (Å²) in [5.74, 6) is -1.61. The first-order valence-electron chi connectivity index (χ1n) is 6.69. The molecule has 0 rings (SSSR count). The first-order chi connectivity index (χ1) is 9.33. The molecule has 1 unspecified atom stereocenters. The Morgan fingerprint density at radius 1 is 1.10 bits per heavy atom. The molecule has 21 heavy (non-hydrogen) atoms. The Labute approximate surface area is 122 Å². The Morgan fingerprint density at radius 2 is 1.52 bits per heavy atom. The predicted octanol–water partition coefficient (Wildman–Crippen LogP) is 2.62. The smallest absolute Gasteiger partial charge is 0.422 e. The van der Waals surface area contributed by atoms with Crippen molar-refractivity contribution >= 4 is 12.0 Å². The number of urea groups is 1. The fourth-order valence-corrected chi connectivity index (χ4v) is 1.97. The third-order valence-electron chi connectivity index (χ3n) is 3.57. The van der Waals surface area contributed by atoms with Crippen LogP contribution in [-0.2, 0) is 4.79 Å².